The number of nitrogens with two attached hydrogens (primary N) is 1. The van der Waals surface area contributed by atoms with Gasteiger partial charge in [0.05, 0.1) is 5.56 Å². The Kier molecular flexibility index (Phi) is 4.10. The highest BCUT2D eigenvalue weighted by Crippen LogP contribution is 2.20. The fourth-order valence-corrected chi connectivity index (χ4v) is 2.59. The SMILES string of the molecule is Cc1ccc(N)c(C(=O)N2CCCC(N(C)C)C2)c1. The summed E-state index contributed by atoms with van der Waals surface area (Å²) in [5.41, 5.74) is 8.21. The maximum absolute atomic E-state index is 12.6. The number of likely N-dealkylation sites (N-methyl/N-ethyl adjacent to an activating group) is 1. The van der Waals surface area contributed by atoms with E-state index in [2.05, 4.69) is 19.0 Å². The van der Waals surface area contributed by atoms with Gasteiger partial charge in [0.25, 0.3) is 5.91 Å². The van der Waals surface area contributed by atoms with E-state index in [-0.39, 0.29) is 5.91 Å². The Morgan fingerprint density at radius 2 is 2.16 bits per heavy atom. The van der Waals surface area contributed by atoms with Crippen molar-refractivity contribution in [2.24, 2.45) is 0 Å². The standard InChI is InChI=1S/C15H23N3O/c1-11-6-7-14(16)13(9-11)15(19)18-8-4-5-12(10-18)17(2)3/h6-7,9,12H,4-5,8,10,16H2,1-3H3. The third-order valence-electron chi connectivity index (χ3n) is 3.85. The molecular weight excluding hydrogens is 238 g/mol. The van der Waals surface area contributed by atoms with E-state index in [0.29, 0.717) is 17.3 Å². The Morgan fingerprint density at radius 3 is 2.84 bits per heavy atom. The number of hydrogen-bond acceptors (Lipinski definition) is 3. The fraction of sp³-hybridized carbons (Fsp3) is 0.533. The minimum atomic E-state index is 0.0627. The minimum absolute atomic E-state index is 0.0627. The van der Waals surface area contributed by atoms with Crippen molar-refractivity contribution in [1.82, 2.24) is 9.80 Å². The molecule has 0 saturated carbocycles. The van der Waals surface area contributed by atoms with Crippen LogP contribution in [0, 0.1) is 6.92 Å². The molecule has 1 unspecified atom stereocenters. The average Bonchev–Trinajstić information content (AvgIpc) is 2.41. The summed E-state index contributed by atoms with van der Waals surface area (Å²) in [7, 11) is 4.14. The molecule has 1 heterocycles. The summed E-state index contributed by atoms with van der Waals surface area (Å²) < 4.78 is 0. The van der Waals surface area contributed by atoms with Gasteiger partial charge in [-0.1, -0.05) is 11.6 Å². The van der Waals surface area contributed by atoms with E-state index in [4.69, 9.17) is 5.73 Å². The molecule has 1 aliphatic heterocycles. The number of anilines is 1. The summed E-state index contributed by atoms with van der Waals surface area (Å²) >= 11 is 0. The zero-order valence-electron chi connectivity index (χ0n) is 12.0. The average molecular weight is 261 g/mol. The van der Waals surface area contributed by atoms with Gasteiger partial charge in [-0.25, -0.2) is 0 Å². The minimum Gasteiger partial charge on any atom is -0.398 e. The Morgan fingerprint density at radius 1 is 1.42 bits per heavy atom. The number of carbonyl (C=O) groups excluding carboxylic acids is 1. The maximum atomic E-state index is 12.6. The number of carbonyl (C=O) groups is 1. The first-order valence-corrected chi connectivity index (χ1v) is 6.81. The second kappa shape index (κ2) is 5.61. The van der Waals surface area contributed by atoms with Gasteiger partial charge in [-0.2, -0.15) is 0 Å². The summed E-state index contributed by atoms with van der Waals surface area (Å²) in [5, 5.41) is 0. The lowest BCUT2D eigenvalue weighted by molar-refractivity contribution is 0.0636. The summed E-state index contributed by atoms with van der Waals surface area (Å²) in [6, 6.07) is 6.08. The highest BCUT2D eigenvalue weighted by molar-refractivity contribution is 5.99. The van der Waals surface area contributed by atoms with E-state index in [0.717, 1.165) is 31.5 Å². The largest absolute Gasteiger partial charge is 0.398 e. The van der Waals surface area contributed by atoms with Gasteiger partial charge in [-0.05, 0) is 46.0 Å². The molecule has 1 fully saturated rings. The molecule has 1 aromatic carbocycles. The highest BCUT2D eigenvalue weighted by atomic mass is 16.2. The fourth-order valence-electron chi connectivity index (χ4n) is 2.59. The normalized spacial score (nSPS) is 19.8. The number of nitrogen functional groups attached to an aromatic ring is 1. The summed E-state index contributed by atoms with van der Waals surface area (Å²) in [6.07, 6.45) is 2.21. The van der Waals surface area contributed by atoms with Crippen molar-refractivity contribution in [3.63, 3.8) is 0 Å². The van der Waals surface area contributed by atoms with Crippen molar-refractivity contribution >= 4 is 11.6 Å². The Balaban J connectivity index is 2.17. The van der Waals surface area contributed by atoms with E-state index in [1.165, 1.54) is 0 Å². The first kappa shape index (κ1) is 13.9. The third-order valence-corrected chi connectivity index (χ3v) is 3.85. The molecule has 4 heteroatoms. The van der Waals surface area contributed by atoms with Crippen LogP contribution in [0.2, 0.25) is 0 Å². The van der Waals surface area contributed by atoms with Crippen LogP contribution in [-0.2, 0) is 0 Å². The van der Waals surface area contributed by atoms with Crippen LogP contribution < -0.4 is 5.73 Å². The predicted molar refractivity (Wildman–Crippen MR) is 78.2 cm³/mol. The first-order chi connectivity index (χ1) is 8.99. The lowest BCUT2D eigenvalue weighted by atomic mass is 10.0. The highest BCUT2D eigenvalue weighted by Gasteiger charge is 2.26. The summed E-state index contributed by atoms with van der Waals surface area (Å²) in [6.45, 7) is 3.60. The number of nitrogens with zero attached hydrogens (tertiary/aromatic N) is 2. The number of likely N-dealkylation sites (tertiary alicyclic amines) is 1. The monoisotopic (exact) mass is 261 g/mol. The first-order valence-electron chi connectivity index (χ1n) is 6.81. The van der Waals surface area contributed by atoms with Gasteiger partial charge in [0.1, 0.15) is 0 Å². The lowest BCUT2D eigenvalue weighted by Gasteiger charge is -2.36. The number of piperidine rings is 1. The van der Waals surface area contributed by atoms with Crippen LogP contribution in [0.5, 0.6) is 0 Å². The van der Waals surface area contributed by atoms with Gasteiger partial charge < -0.3 is 15.5 Å². The zero-order chi connectivity index (χ0) is 14.0. The van der Waals surface area contributed by atoms with E-state index < -0.39 is 0 Å². The predicted octanol–water partition coefficient (Wildman–Crippen LogP) is 1.74. The quantitative estimate of drug-likeness (QED) is 0.825. The van der Waals surface area contributed by atoms with Crippen molar-refractivity contribution in [1.29, 1.82) is 0 Å². The van der Waals surface area contributed by atoms with E-state index in [9.17, 15) is 4.79 Å². The molecule has 104 valence electrons. The molecule has 0 radical (unpaired) electrons. The van der Waals surface area contributed by atoms with E-state index in [1.54, 1.807) is 0 Å². The van der Waals surface area contributed by atoms with Crippen molar-refractivity contribution in [3.8, 4) is 0 Å². The number of rotatable bonds is 2. The molecule has 0 aromatic heterocycles. The van der Waals surface area contributed by atoms with Crippen molar-refractivity contribution in [3.05, 3.63) is 29.3 Å². The molecule has 0 spiro atoms. The Hall–Kier alpha value is -1.55. The molecule has 19 heavy (non-hydrogen) atoms. The molecule has 1 atom stereocenters. The van der Waals surface area contributed by atoms with Crippen molar-refractivity contribution in [2.45, 2.75) is 25.8 Å². The number of hydrogen-bond donors (Lipinski definition) is 1. The van der Waals surface area contributed by atoms with Crippen LogP contribution >= 0.6 is 0 Å². The van der Waals surface area contributed by atoms with Crippen molar-refractivity contribution < 1.29 is 4.79 Å². The topological polar surface area (TPSA) is 49.6 Å². The smallest absolute Gasteiger partial charge is 0.256 e. The van der Waals surface area contributed by atoms with Crippen LogP contribution in [0.25, 0.3) is 0 Å². The van der Waals surface area contributed by atoms with Gasteiger partial charge >= 0.3 is 0 Å². The maximum Gasteiger partial charge on any atom is 0.256 e. The lowest BCUT2D eigenvalue weighted by Crippen LogP contribution is -2.47. The van der Waals surface area contributed by atoms with Crippen LogP contribution in [0.1, 0.15) is 28.8 Å². The van der Waals surface area contributed by atoms with Gasteiger partial charge in [0, 0.05) is 24.8 Å². The molecule has 4 nitrogen and oxygen atoms in total. The molecule has 1 aromatic rings. The van der Waals surface area contributed by atoms with Gasteiger partial charge in [-0.15, -0.1) is 0 Å². The molecule has 1 aliphatic rings. The van der Waals surface area contributed by atoms with Crippen molar-refractivity contribution in [2.75, 3.05) is 32.9 Å². The molecular formula is C15H23N3O. The van der Waals surface area contributed by atoms with Crippen LogP contribution in [0.3, 0.4) is 0 Å². The van der Waals surface area contributed by atoms with E-state index in [1.807, 2.05) is 30.0 Å². The Labute approximate surface area is 115 Å². The van der Waals surface area contributed by atoms with E-state index >= 15 is 0 Å². The number of aryl methyl sites for hydroxylation is 1. The molecule has 2 rings (SSSR count). The van der Waals surface area contributed by atoms with Gasteiger partial charge in [0.2, 0.25) is 0 Å². The molecule has 2 N–H and O–H groups in total. The third kappa shape index (κ3) is 3.07. The number of amides is 1. The molecule has 0 aliphatic carbocycles. The molecule has 0 bridgehead atoms. The van der Waals surface area contributed by atoms with Gasteiger partial charge in [-0.3, -0.25) is 4.79 Å². The second-order valence-electron chi connectivity index (χ2n) is 5.60. The summed E-state index contributed by atoms with van der Waals surface area (Å²) in [4.78, 5) is 16.7. The Bertz CT molecular complexity index is 470. The van der Waals surface area contributed by atoms with Gasteiger partial charge in [0.15, 0.2) is 0 Å². The zero-order valence-corrected chi connectivity index (χ0v) is 12.0. The number of benzene rings is 1. The van der Waals surface area contributed by atoms with Crippen LogP contribution in [0.4, 0.5) is 5.69 Å². The summed E-state index contributed by atoms with van der Waals surface area (Å²) in [5.74, 6) is 0.0627. The van der Waals surface area contributed by atoms with Crippen LogP contribution in [-0.4, -0.2) is 48.9 Å². The van der Waals surface area contributed by atoms with Crippen LogP contribution in [0.15, 0.2) is 18.2 Å². The second-order valence-corrected chi connectivity index (χ2v) is 5.60. The molecule has 1 amide bonds. The molecule has 1 saturated heterocycles.